The Labute approximate surface area is 134 Å². The van der Waals surface area contributed by atoms with Crippen molar-refractivity contribution < 1.29 is 0 Å². The number of thiocarbonyl (C=S) groups is 1. The van der Waals surface area contributed by atoms with Crippen LogP contribution >= 0.6 is 35.7 Å². The van der Waals surface area contributed by atoms with Crippen LogP contribution in [0.15, 0.2) is 71.5 Å². The van der Waals surface area contributed by atoms with E-state index in [9.17, 15) is 0 Å². The Kier molecular flexibility index (Phi) is 5.65. The van der Waals surface area contributed by atoms with Crippen molar-refractivity contribution in [3.63, 3.8) is 0 Å². The fraction of sp³-hybridized carbons (Fsp3) is 0. The summed E-state index contributed by atoms with van der Waals surface area (Å²) in [6.45, 7) is 7.50. The largest absolute Gasteiger partial charge is 0.113 e. The molecule has 0 heterocycles. The molecule has 100 valence electrons. The number of rotatable bonds is 4. The van der Waals surface area contributed by atoms with E-state index in [4.69, 9.17) is 12.2 Å². The van der Waals surface area contributed by atoms with Gasteiger partial charge in [0.2, 0.25) is 0 Å². The summed E-state index contributed by atoms with van der Waals surface area (Å²) in [5, 5.41) is 0. The molecule has 0 saturated heterocycles. The monoisotopic (exact) mass is 314 g/mol. The van der Waals surface area contributed by atoms with Crippen LogP contribution in [-0.4, -0.2) is 3.53 Å². The standard InChI is InChI=1S/C17H14S3/c1-3-13-5-9-15(10-6-13)19-17(18)20-16-11-7-14(4-2)8-12-16/h3-12H,1-2H2. The van der Waals surface area contributed by atoms with Gasteiger partial charge in [0.05, 0.1) is 0 Å². The molecule has 20 heavy (non-hydrogen) atoms. The summed E-state index contributed by atoms with van der Waals surface area (Å²) >= 11 is 8.64. The van der Waals surface area contributed by atoms with Crippen LogP contribution in [0, 0.1) is 0 Å². The molecule has 0 radical (unpaired) electrons. The fourth-order valence-electron chi connectivity index (χ4n) is 1.56. The predicted molar refractivity (Wildman–Crippen MR) is 97.4 cm³/mol. The summed E-state index contributed by atoms with van der Waals surface area (Å²) in [4.78, 5) is 2.30. The Balaban J connectivity index is 1.96. The Morgan fingerprint density at radius 3 is 1.40 bits per heavy atom. The van der Waals surface area contributed by atoms with E-state index in [1.807, 2.05) is 36.4 Å². The van der Waals surface area contributed by atoms with Crippen LogP contribution in [0.4, 0.5) is 0 Å². The van der Waals surface area contributed by atoms with Gasteiger partial charge in [-0.3, -0.25) is 0 Å². The minimum Gasteiger partial charge on any atom is -0.0985 e. The molecule has 2 rings (SSSR count). The SMILES string of the molecule is C=Cc1ccc(SC(=S)Sc2ccc(C=C)cc2)cc1. The van der Waals surface area contributed by atoms with Crippen molar-refractivity contribution in [2.24, 2.45) is 0 Å². The zero-order valence-corrected chi connectivity index (χ0v) is 13.4. The van der Waals surface area contributed by atoms with Crippen LogP contribution in [-0.2, 0) is 0 Å². The number of hydrogen-bond acceptors (Lipinski definition) is 3. The van der Waals surface area contributed by atoms with Gasteiger partial charge < -0.3 is 0 Å². The second kappa shape index (κ2) is 7.48. The molecule has 0 amide bonds. The van der Waals surface area contributed by atoms with Crippen LogP contribution in [0.25, 0.3) is 12.2 Å². The van der Waals surface area contributed by atoms with Gasteiger partial charge in [-0.05, 0) is 35.4 Å². The zero-order chi connectivity index (χ0) is 14.4. The summed E-state index contributed by atoms with van der Waals surface area (Å²) in [5.41, 5.74) is 2.24. The zero-order valence-electron chi connectivity index (χ0n) is 10.9. The van der Waals surface area contributed by atoms with Gasteiger partial charge in [0.25, 0.3) is 0 Å². The van der Waals surface area contributed by atoms with Crippen LogP contribution in [0.3, 0.4) is 0 Å². The van der Waals surface area contributed by atoms with Gasteiger partial charge in [-0.1, -0.05) is 85.3 Å². The number of hydrogen-bond donors (Lipinski definition) is 0. The van der Waals surface area contributed by atoms with E-state index >= 15 is 0 Å². The highest BCUT2D eigenvalue weighted by atomic mass is 32.2. The molecular weight excluding hydrogens is 300 g/mol. The van der Waals surface area contributed by atoms with Gasteiger partial charge in [-0.2, -0.15) is 0 Å². The highest BCUT2D eigenvalue weighted by Crippen LogP contribution is 2.31. The van der Waals surface area contributed by atoms with Crippen molar-refractivity contribution >= 4 is 51.4 Å². The molecule has 0 atom stereocenters. The quantitative estimate of drug-likeness (QED) is 0.491. The van der Waals surface area contributed by atoms with E-state index in [1.54, 1.807) is 23.5 Å². The molecule has 0 aromatic heterocycles. The molecule has 0 aliphatic heterocycles. The molecule has 0 fully saturated rings. The van der Waals surface area contributed by atoms with Crippen molar-refractivity contribution in [3.8, 4) is 0 Å². The third kappa shape index (κ3) is 4.37. The fourth-order valence-corrected chi connectivity index (χ4v) is 3.81. The molecule has 0 aliphatic carbocycles. The van der Waals surface area contributed by atoms with Crippen LogP contribution in [0.5, 0.6) is 0 Å². The molecule has 0 spiro atoms. The smallest absolute Gasteiger partial charge is 0.0985 e. The molecule has 0 unspecified atom stereocenters. The molecule has 0 bridgehead atoms. The van der Waals surface area contributed by atoms with Crippen molar-refractivity contribution in [1.29, 1.82) is 0 Å². The van der Waals surface area contributed by atoms with E-state index in [1.165, 1.54) is 0 Å². The predicted octanol–water partition coefficient (Wildman–Crippen LogP) is 6.14. The van der Waals surface area contributed by atoms with Crippen LogP contribution in [0.1, 0.15) is 11.1 Å². The van der Waals surface area contributed by atoms with Gasteiger partial charge in [0.1, 0.15) is 3.53 Å². The lowest BCUT2D eigenvalue weighted by molar-refractivity contribution is 1.46. The first kappa shape index (κ1) is 15.1. The van der Waals surface area contributed by atoms with Crippen molar-refractivity contribution in [2.75, 3.05) is 0 Å². The lowest BCUT2D eigenvalue weighted by atomic mass is 10.2. The molecule has 0 aliphatic rings. The van der Waals surface area contributed by atoms with Gasteiger partial charge in [-0.25, -0.2) is 0 Å². The Bertz CT molecular complexity index is 554. The third-order valence-electron chi connectivity index (χ3n) is 2.63. The van der Waals surface area contributed by atoms with Crippen molar-refractivity contribution in [2.45, 2.75) is 9.79 Å². The Hall–Kier alpha value is -1.29. The second-order valence-corrected chi connectivity index (χ2v) is 7.35. The highest BCUT2D eigenvalue weighted by molar-refractivity contribution is 8.47. The molecule has 0 N–H and O–H groups in total. The lowest BCUT2D eigenvalue weighted by Crippen LogP contribution is -1.82. The van der Waals surface area contributed by atoms with Crippen LogP contribution < -0.4 is 0 Å². The lowest BCUT2D eigenvalue weighted by Gasteiger charge is -2.04. The van der Waals surface area contributed by atoms with E-state index in [2.05, 4.69) is 37.4 Å². The molecule has 2 aromatic rings. The van der Waals surface area contributed by atoms with Crippen LogP contribution in [0.2, 0.25) is 0 Å². The van der Waals surface area contributed by atoms with Gasteiger partial charge in [-0.15, -0.1) is 0 Å². The van der Waals surface area contributed by atoms with Gasteiger partial charge in [0, 0.05) is 9.79 Å². The summed E-state index contributed by atoms with van der Waals surface area (Å²) in [6.07, 6.45) is 3.67. The first-order valence-corrected chi connectivity index (χ1v) is 8.10. The summed E-state index contributed by atoms with van der Waals surface area (Å²) in [6, 6.07) is 16.4. The molecular formula is C17H14S3. The first-order chi connectivity index (χ1) is 9.71. The average Bonchev–Trinajstić information content (AvgIpc) is 2.49. The number of thioether (sulfide) groups is 2. The normalized spacial score (nSPS) is 10.0. The van der Waals surface area contributed by atoms with Crippen molar-refractivity contribution in [1.82, 2.24) is 0 Å². The Morgan fingerprint density at radius 1 is 0.750 bits per heavy atom. The van der Waals surface area contributed by atoms with E-state index in [-0.39, 0.29) is 0 Å². The molecule has 3 heteroatoms. The average molecular weight is 315 g/mol. The minimum absolute atomic E-state index is 0.891. The summed E-state index contributed by atoms with van der Waals surface area (Å²) in [7, 11) is 0. The second-order valence-electron chi connectivity index (χ2n) is 4.00. The van der Waals surface area contributed by atoms with Gasteiger partial charge in [0.15, 0.2) is 0 Å². The third-order valence-corrected chi connectivity index (χ3v) is 4.98. The summed E-state index contributed by atoms with van der Waals surface area (Å²) in [5.74, 6) is 0. The number of benzene rings is 2. The van der Waals surface area contributed by atoms with Gasteiger partial charge >= 0.3 is 0 Å². The maximum atomic E-state index is 5.43. The maximum absolute atomic E-state index is 5.43. The first-order valence-electron chi connectivity index (χ1n) is 6.06. The minimum atomic E-state index is 0.891. The van der Waals surface area contributed by atoms with E-state index in [0.29, 0.717) is 0 Å². The maximum Gasteiger partial charge on any atom is 0.113 e. The van der Waals surface area contributed by atoms with Crippen molar-refractivity contribution in [3.05, 3.63) is 72.8 Å². The highest BCUT2D eigenvalue weighted by Gasteiger charge is 2.03. The summed E-state index contributed by atoms with van der Waals surface area (Å²) < 4.78 is 0.891. The van der Waals surface area contributed by atoms with E-state index < -0.39 is 0 Å². The molecule has 2 aromatic carbocycles. The topological polar surface area (TPSA) is 0 Å². The molecule has 0 nitrogen and oxygen atoms in total. The Morgan fingerprint density at radius 2 is 1.10 bits per heavy atom. The van der Waals surface area contributed by atoms with E-state index in [0.717, 1.165) is 24.4 Å². The molecule has 0 saturated carbocycles.